The highest BCUT2D eigenvalue weighted by molar-refractivity contribution is 14.1. The number of hydrogen-bond acceptors (Lipinski definition) is 2. The van der Waals surface area contributed by atoms with Gasteiger partial charge in [-0.15, -0.1) is 0 Å². The van der Waals surface area contributed by atoms with E-state index in [1.165, 1.54) is 27.8 Å². The fourth-order valence-corrected chi connectivity index (χ4v) is 5.68. The van der Waals surface area contributed by atoms with Crippen molar-refractivity contribution in [3.63, 3.8) is 0 Å². The van der Waals surface area contributed by atoms with E-state index in [0.717, 1.165) is 21.1 Å². The summed E-state index contributed by atoms with van der Waals surface area (Å²) < 4.78 is 18.3. The van der Waals surface area contributed by atoms with E-state index in [4.69, 9.17) is 0 Å². The smallest absolute Gasteiger partial charge is 0.341 e. The van der Waals surface area contributed by atoms with Crippen LogP contribution in [0.4, 0.5) is 4.32 Å². The zero-order valence-electron chi connectivity index (χ0n) is 19.0. The van der Waals surface area contributed by atoms with Crippen molar-refractivity contribution in [2.75, 3.05) is 0 Å². The van der Waals surface area contributed by atoms with Crippen LogP contribution in [-0.2, 0) is 0 Å². The summed E-state index contributed by atoms with van der Waals surface area (Å²) in [4.78, 5) is 16.3. The molecule has 2 heterocycles. The molecule has 1 aromatic heterocycles. The lowest BCUT2D eigenvalue weighted by molar-refractivity contribution is 0.112. The van der Waals surface area contributed by atoms with Crippen LogP contribution in [0.2, 0.25) is 0 Å². The molecule has 0 saturated carbocycles. The number of carbonyl (C=O) groups excluding carboxylic acids is 1. The minimum atomic E-state index is -1.57. The van der Waals surface area contributed by atoms with E-state index in [9.17, 15) is 4.79 Å². The van der Waals surface area contributed by atoms with Crippen LogP contribution in [0.5, 0.6) is 0 Å². The van der Waals surface area contributed by atoms with E-state index in [-0.39, 0.29) is 11.8 Å². The van der Waals surface area contributed by atoms with Gasteiger partial charge in [-0.25, -0.2) is 0 Å². The monoisotopic (exact) mass is 518 g/mol. The van der Waals surface area contributed by atoms with Crippen LogP contribution in [0, 0.1) is 40.5 Å². The van der Waals surface area contributed by atoms with Gasteiger partial charge in [-0.2, -0.15) is 0 Å². The third kappa shape index (κ3) is 3.61. The van der Waals surface area contributed by atoms with Crippen molar-refractivity contribution >= 4 is 41.8 Å². The Kier molecular flexibility index (Phi) is 6.47. The number of aldehydes is 1. The molecule has 2 unspecified atom stereocenters. The number of benzene rings is 1. The highest BCUT2D eigenvalue weighted by atomic mass is 127. The molecule has 3 nitrogen and oxygen atoms in total. The van der Waals surface area contributed by atoms with Crippen LogP contribution in [0.15, 0.2) is 26.2 Å². The summed E-state index contributed by atoms with van der Waals surface area (Å²) in [6.07, 6.45) is 0.850. The SMILES string of the molecule is CC1=NB(F)n2c(C)c(C=O)c(C)c2C(c2c(C)cc(C)cc2C)C(C)C(C)=C1I. The molecule has 0 saturated heterocycles. The molecule has 0 amide bonds. The molecule has 0 aliphatic carbocycles. The summed E-state index contributed by atoms with van der Waals surface area (Å²) in [5.74, 6) is 0.0285. The van der Waals surface area contributed by atoms with Crippen molar-refractivity contribution in [3.05, 3.63) is 66.1 Å². The normalized spacial score (nSPS) is 19.8. The van der Waals surface area contributed by atoms with Crippen LogP contribution in [-0.4, -0.2) is 23.7 Å². The molecule has 158 valence electrons. The summed E-state index contributed by atoms with van der Waals surface area (Å²) in [6.45, 7) is 16.3. The zero-order valence-corrected chi connectivity index (χ0v) is 21.2. The quantitative estimate of drug-likeness (QED) is 0.251. The fraction of sp³-hybridized carbons (Fsp3) is 0.417. The number of hydrogen-bond donors (Lipinski definition) is 0. The number of aromatic nitrogens is 1. The Balaban J connectivity index is 2.50. The molecule has 2 aromatic rings. The van der Waals surface area contributed by atoms with Crippen molar-refractivity contribution in [2.24, 2.45) is 10.8 Å². The van der Waals surface area contributed by atoms with Crippen molar-refractivity contribution in [2.45, 2.75) is 61.3 Å². The maximum atomic E-state index is 15.7. The first kappa shape index (κ1) is 23.0. The third-order valence-corrected chi connectivity index (χ3v) is 8.25. The van der Waals surface area contributed by atoms with E-state index in [1.807, 2.05) is 20.8 Å². The molecule has 1 aliphatic rings. The zero-order chi connectivity index (χ0) is 22.5. The van der Waals surface area contributed by atoms with Gasteiger partial charge >= 0.3 is 7.26 Å². The molecule has 1 aromatic carbocycles. The predicted octanol–water partition coefficient (Wildman–Crippen LogP) is 6.60. The lowest BCUT2D eigenvalue weighted by atomic mass is 9.75. The molecule has 0 bridgehead atoms. The van der Waals surface area contributed by atoms with Gasteiger partial charge < -0.3 is 4.48 Å². The molecule has 6 heteroatoms. The molecule has 0 radical (unpaired) electrons. The van der Waals surface area contributed by atoms with Gasteiger partial charge in [0.2, 0.25) is 0 Å². The molecule has 0 N–H and O–H groups in total. The summed E-state index contributed by atoms with van der Waals surface area (Å²) in [5, 5.41) is 0. The number of halogens is 2. The highest BCUT2D eigenvalue weighted by Gasteiger charge is 2.37. The summed E-state index contributed by atoms with van der Waals surface area (Å²) in [5.41, 5.74) is 9.59. The van der Waals surface area contributed by atoms with Gasteiger partial charge in [0.15, 0.2) is 6.29 Å². The summed E-state index contributed by atoms with van der Waals surface area (Å²) in [7, 11) is -1.57. The van der Waals surface area contributed by atoms with Crippen LogP contribution in [0.25, 0.3) is 0 Å². The maximum absolute atomic E-state index is 15.7. The Morgan fingerprint density at radius 3 is 2.20 bits per heavy atom. The van der Waals surface area contributed by atoms with Gasteiger partial charge in [-0.1, -0.05) is 30.2 Å². The number of allylic oxidation sites excluding steroid dienone is 2. The van der Waals surface area contributed by atoms with Crippen LogP contribution in [0.1, 0.15) is 76.3 Å². The Hall–Kier alpha value is -1.70. The third-order valence-electron chi connectivity index (χ3n) is 6.62. The van der Waals surface area contributed by atoms with Crippen LogP contribution < -0.4 is 0 Å². The van der Waals surface area contributed by atoms with Gasteiger partial charge in [0.05, 0.1) is 0 Å². The summed E-state index contributed by atoms with van der Waals surface area (Å²) in [6, 6.07) is 4.38. The number of nitrogens with zero attached hydrogens (tertiary/aromatic N) is 2. The standard InChI is InChI=1S/C24H29BFIN2O/c1-12-9-13(2)21(14(3)10-12)22-15(4)16(5)23(27)18(7)28-25(26)29-19(8)20(11-30)17(6)24(22)29/h9-11,15,22H,1-8H3. The molecular weight excluding hydrogens is 489 g/mol. The van der Waals surface area contributed by atoms with Crippen molar-refractivity contribution < 1.29 is 9.11 Å². The Labute approximate surface area is 193 Å². The van der Waals surface area contributed by atoms with E-state index < -0.39 is 7.26 Å². The second-order valence-electron chi connectivity index (χ2n) is 8.60. The fourth-order valence-electron chi connectivity index (χ4n) is 5.05. The first-order valence-electron chi connectivity index (χ1n) is 10.3. The molecular formula is C24H29BFIN2O. The van der Waals surface area contributed by atoms with E-state index in [0.29, 0.717) is 17.0 Å². The highest BCUT2D eigenvalue weighted by Crippen LogP contribution is 2.44. The van der Waals surface area contributed by atoms with Crippen molar-refractivity contribution in [1.29, 1.82) is 0 Å². The minimum absolute atomic E-state index is 0.0814. The van der Waals surface area contributed by atoms with E-state index in [1.54, 1.807) is 4.48 Å². The number of rotatable bonds is 2. The molecule has 2 atom stereocenters. The molecule has 30 heavy (non-hydrogen) atoms. The van der Waals surface area contributed by atoms with Gasteiger partial charge in [0, 0.05) is 32.2 Å². The van der Waals surface area contributed by atoms with Gasteiger partial charge in [-0.3, -0.25) is 14.0 Å². The van der Waals surface area contributed by atoms with Crippen molar-refractivity contribution in [3.8, 4) is 0 Å². The van der Waals surface area contributed by atoms with Crippen molar-refractivity contribution in [1.82, 2.24) is 4.48 Å². The molecule has 0 fully saturated rings. The number of fused-ring (bicyclic) bond motifs is 1. The first-order chi connectivity index (χ1) is 14.0. The van der Waals surface area contributed by atoms with Crippen LogP contribution in [0.3, 0.4) is 0 Å². The van der Waals surface area contributed by atoms with Gasteiger partial charge in [0.25, 0.3) is 0 Å². The second-order valence-corrected chi connectivity index (χ2v) is 9.68. The Morgan fingerprint density at radius 2 is 1.67 bits per heavy atom. The van der Waals surface area contributed by atoms with Crippen LogP contribution >= 0.6 is 22.6 Å². The van der Waals surface area contributed by atoms with E-state index in [2.05, 4.69) is 74.2 Å². The molecule has 3 rings (SSSR count). The predicted molar refractivity (Wildman–Crippen MR) is 133 cm³/mol. The first-order valence-corrected chi connectivity index (χ1v) is 11.4. The number of aryl methyl sites for hydroxylation is 3. The molecule has 0 spiro atoms. The second kappa shape index (κ2) is 8.44. The Bertz CT molecular complexity index is 1080. The Morgan fingerprint density at radius 1 is 1.10 bits per heavy atom. The van der Waals surface area contributed by atoms with Gasteiger partial charge in [-0.05, 0) is 99.2 Å². The van der Waals surface area contributed by atoms with E-state index >= 15 is 4.32 Å². The largest absolute Gasteiger partial charge is 0.610 e. The molecule has 1 aliphatic heterocycles. The van der Waals surface area contributed by atoms with Gasteiger partial charge in [0.1, 0.15) is 0 Å². The minimum Gasteiger partial charge on any atom is -0.341 e. The number of carbonyl (C=O) groups is 1. The maximum Gasteiger partial charge on any atom is 0.610 e. The topological polar surface area (TPSA) is 34.4 Å². The lowest BCUT2D eigenvalue weighted by Crippen LogP contribution is -2.26. The summed E-state index contributed by atoms with van der Waals surface area (Å²) >= 11 is 2.29. The average molecular weight is 518 g/mol. The average Bonchev–Trinajstić information content (AvgIpc) is 2.92. The lowest BCUT2D eigenvalue weighted by Gasteiger charge is -2.31.